The molecule has 5 heteroatoms. The lowest BCUT2D eigenvalue weighted by atomic mass is 9.85. The number of likely N-dealkylation sites (tertiary alicyclic amines) is 2. The van der Waals surface area contributed by atoms with Crippen LogP contribution < -0.4 is 0 Å². The van der Waals surface area contributed by atoms with Gasteiger partial charge >= 0.3 is 0 Å². The second kappa shape index (κ2) is 6.97. The minimum atomic E-state index is -0.799. The summed E-state index contributed by atoms with van der Waals surface area (Å²) in [7, 11) is 0. The van der Waals surface area contributed by atoms with Crippen LogP contribution in [0.2, 0.25) is 0 Å². The van der Waals surface area contributed by atoms with Gasteiger partial charge in [0, 0.05) is 43.6 Å². The van der Waals surface area contributed by atoms with E-state index in [4.69, 9.17) is 0 Å². The smallest absolute Gasteiger partial charge is 0.236 e. The summed E-state index contributed by atoms with van der Waals surface area (Å²) in [5.41, 5.74) is 0.0855. The van der Waals surface area contributed by atoms with Crippen LogP contribution in [-0.4, -0.2) is 58.0 Å². The van der Waals surface area contributed by atoms with E-state index in [1.54, 1.807) is 12.4 Å². The molecular weight excluding hydrogens is 290 g/mol. The molecule has 0 radical (unpaired) electrons. The Morgan fingerprint density at radius 3 is 2.78 bits per heavy atom. The molecule has 23 heavy (non-hydrogen) atoms. The topological polar surface area (TPSA) is 56.7 Å². The van der Waals surface area contributed by atoms with Gasteiger partial charge in [0.25, 0.3) is 0 Å². The van der Waals surface area contributed by atoms with E-state index in [-0.39, 0.29) is 5.91 Å². The van der Waals surface area contributed by atoms with Gasteiger partial charge in [0.15, 0.2) is 0 Å². The van der Waals surface area contributed by atoms with Crippen LogP contribution in [0.3, 0.4) is 0 Å². The largest absolute Gasteiger partial charge is 0.385 e. The number of amides is 1. The number of hydrogen-bond donors (Lipinski definition) is 1. The zero-order valence-electron chi connectivity index (χ0n) is 13.9. The van der Waals surface area contributed by atoms with Gasteiger partial charge in [-0.3, -0.25) is 14.7 Å². The molecule has 0 aromatic carbocycles. The molecule has 2 aliphatic heterocycles. The van der Waals surface area contributed by atoms with Crippen molar-refractivity contribution >= 4 is 5.91 Å². The normalized spacial score (nSPS) is 25.3. The summed E-state index contributed by atoms with van der Waals surface area (Å²) < 4.78 is 0. The zero-order chi connectivity index (χ0) is 16.3. The van der Waals surface area contributed by atoms with Crippen molar-refractivity contribution < 1.29 is 9.90 Å². The predicted octanol–water partition coefficient (Wildman–Crippen LogP) is 1.77. The van der Waals surface area contributed by atoms with Crippen molar-refractivity contribution in [3.8, 4) is 0 Å². The van der Waals surface area contributed by atoms with Gasteiger partial charge in [0.1, 0.15) is 0 Å². The fourth-order valence-corrected chi connectivity index (χ4v) is 3.76. The first-order valence-electron chi connectivity index (χ1n) is 8.73. The van der Waals surface area contributed by atoms with Gasteiger partial charge in [-0.15, -0.1) is 0 Å². The Morgan fingerprint density at radius 2 is 2.13 bits per heavy atom. The molecule has 1 N–H and O–H groups in total. The van der Waals surface area contributed by atoms with E-state index >= 15 is 0 Å². The lowest BCUT2D eigenvalue weighted by molar-refractivity contribution is -0.137. The van der Waals surface area contributed by atoms with E-state index in [1.165, 1.54) is 6.42 Å². The number of carbonyl (C=O) groups excluding carboxylic acids is 1. The van der Waals surface area contributed by atoms with Gasteiger partial charge in [-0.25, -0.2) is 0 Å². The summed E-state index contributed by atoms with van der Waals surface area (Å²) in [5, 5.41) is 10.8. The number of pyridine rings is 1. The van der Waals surface area contributed by atoms with Crippen molar-refractivity contribution in [2.75, 3.05) is 26.2 Å². The minimum Gasteiger partial charge on any atom is -0.385 e. The number of carbonyl (C=O) groups is 1. The Morgan fingerprint density at radius 1 is 1.35 bits per heavy atom. The molecule has 2 aliphatic rings. The SMILES string of the molecule is CC1CCCCN1C(=O)CN1CCC(O)(c2cccnc2)CC1. The fourth-order valence-electron chi connectivity index (χ4n) is 3.76. The maximum absolute atomic E-state index is 12.5. The maximum atomic E-state index is 12.5. The first-order chi connectivity index (χ1) is 11.1. The molecular formula is C18H27N3O2. The third kappa shape index (κ3) is 3.72. The summed E-state index contributed by atoms with van der Waals surface area (Å²) in [5.74, 6) is 0.240. The van der Waals surface area contributed by atoms with E-state index in [0.717, 1.165) is 38.0 Å². The first kappa shape index (κ1) is 16.4. The lowest BCUT2D eigenvalue weighted by Crippen LogP contribution is -2.50. The Hall–Kier alpha value is -1.46. The molecule has 3 heterocycles. The molecule has 0 spiro atoms. The molecule has 2 fully saturated rings. The summed E-state index contributed by atoms with van der Waals surface area (Å²) in [4.78, 5) is 20.8. The van der Waals surface area contributed by atoms with Crippen molar-refractivity contribution in [3.63, 3.8) is 0 Å². The van der Waals surface area contributed by atoms with E-state index in [9.17, 15) is 9.90 Å². The van der Waals surface area contributed by atoms with Gasteiger partial charge in [0.2, 0.25) is 5.91 Å². The van der Waals surface area contributed by atoms with Crippen LogP contribution in [0.25, 0.3) is 0 Å². The molecule has 0 aliphatic carbocycles. The molecule has 1 aromatic heterocycles. The lowest BCUT2D eigenvalue weighted by Gasteiger charge is -2.40. The molecule has 1 aromatic rings. The molecule has 5 nitrogen and oxygen atoms in total. The maximum Gasteiger partial charge on any atom is 0.236 e. The van der Waals surface area contributed by atoms with Crippen molar-refractivity contribution in [3.05, 3.63) is 30.1 Å². The van der Waals surface area contributed by atoms with Gasteiger partial charge in [-0.1, -0.05) is 6.07 Å². The molecule has 0 saturated carbocycles. The second-order valence-electron chi connectivity index (χ2n) is 6.98. The molecule has 126 valence electrons. The monoisotopic (exact) mass is 317 g/mol. The quantitative estimate of drug-likeness (QED) is 0.923. The molecule has 0 bridgehead atoms. The summed E-state index contributed by atoms with van der Waals surface area (Å²) in [6.07, 6.45) is 8.25. The average molecular weight is 317 g/mol. The number of aromatic nitrogens is 1. The minimum absolute atomic E-state index is 0.240. The van der Waals surface area contributed by atoms with Crippen molar-refractivity contribution in [1.82, 2.24) is 14.8 Å². The van der Waals surface area contributed by atoms with Crippen LogP contribution in [-0.2, 0) is 10.4 Å². The summed E-state index contributed by atoms with van der Waals surface area (Å²) in [6, 6.07) is 4.16. The molecule has 3 rings (SSSR count). The average Bonchev–Trinajstić information content (AvgIpc) is 2.58. The standard InChI is InChI=1S/C18H27N3O2/c1-15-5-2-3-10-21(15)17(22)14-20-11-7-18(23,8-12-20)16-6-4-9-19-13-16/h4,6,9,13,15,23H,2-3,5,7-8,10-12,14H2,1H3. The van der Waals surface area contributed by atoms with Crippen molar-refractivity contribution in [1.29, 1.82) is 0 Å². The molecule has 1 amide bonds. The summed E-state index contributed by atoms with van der Waals surface area (Å²) in [6.45, 7) is 5.02. The Labute approximate surface area is 138 Å². The van der Waals surface area contributed by atoms with Crippen LogP contribution >= 0.6 is 0 Å². The first-order valence-corrected chi connectivity index (χ1v) is 8.73. The fraction of sp³-hybridized carbons (Fsp3) is 0.667. The van der Waals surface area contributed by atoms with Gasteiger partial charge in [-0.2, -0.15) is 0 Å². The highest BCUT2D eigenvalue weighted by Crippen LogP contribution is 2.32. The number of piperidine rings is 2. The Balaban J connectivity index is 1.54. The zero-order valence-corrected chi connectivity index (χ0v) is 13.9. The van der Waals surface area contributed by atoms with Crippen LogP contribution in [0, 0.1) is 0 Å². The van der Waals surface area contributed by atoms with E-state index in [0.29, 0.717) is 25.4 Å². The number of aliphatic hydroxyl groups is 1. The number of nitrogens with zero attached hydrogens (tertiary/aromatic N) is 3. The highest BCUT2D eigenvalue weighted by Gasteiger charge is 2.35. The number of hydrogen-bond acceptors (Lipinski definition) is 4. The van der Waals surface area contributed by atoms with Gasteiger partial charge in [-0.05, 0) is 45.1 Å². The highest BCUT2D eigenvalue weighted by atomic mass is 16.3. The third-order valence-electron chi connectivity index (χ3n) is 5.36. The van der Waals surface area contributed by atoms with Crippen molar-refractivity contribution in [2.45, 2.75) is 50.7 Å². The van der Waals surface area contributed by atoms with Crippen molar-refractivity contribution in [2.24, 2.45) is 0 Å². The third-order valence-corrected chi connectivity index (χ3v) is 5.36. The van der Waals surface area contributed by atoms with E-state index in [2.05, 4.69) is 16.8 Å². The Kier molecular flexibility index (Phi) is 4.97. The van der Waals surface area contributed by atoms with E-state index in [1.807, 2.05) is 17.0 Å². The Bertz CT molecular complexity index is 526. The molecule has 1 unspecified atom stereocenters. The van der Waals surface area contributed by atoms with Crippen LogP contribution in [0.4, 0.5) is 0 Å². The number of rotatable bonds is 3. The molecule has 2 saturated heterocycles. The second-order valence-corrected chi connectivity index (χ2v) is 6.98. The van der Waals surface area contributed by atoms with Crippen LogP contribution in [0.5, 0.6) is 0 Å². The predicted molar refractivity (Wildman–Crippen MR) is 88.8 cm³/mol. The van der Waals surface area contributed by atoms with Crippen LogP contribution in [0.15, 0.2) is 24.5 Å². The highest BCUT2D eigenvalue weighted by molar-refractivity contribution is 5.78. The van der Waals surface area contributed by atoms with Gasteiger partial charge in [0.05, 0.1) is 12.1 Å². The van der Waals surface area contributed by atoms with E-state index < -0.39 is 5.60 Å². The summed E-state index contributed by atoms with van der Waals surface area (Å²) >= 11 is 0. The van der Waals surface area contributed by atoms with Gasteiger partial charge < -0.3 is 10.0 Å². The molecule has 1 atom stereocenters. The van der Waals surface area contributed by atoms with Crippen LogP contribution in [0.1, 0.15) is 44.6 Å².